The Morgan fingerprint density at radius 3 is 1.46 bits per heavy atom. The largest absolute Gasteiger partial charge is 0.399 e. The van der Waals surface area contributed by atoms with Crippen LogP contribution in [-0.4, -0.2) is 10.9 Å². The molecule has 4 N–H and O–H groups in total. The minimum Gasteiger partial charge on any atom is -0.399 e. The standard InChI is InChI=1S/C11H15N.C7H9N.C6H7N.CH4/c1-9(2)12-7-10-5-3-4-6-11(10)8-12;1-6-2-4-7(8)5-3-6;7-6-4-2-1-3-5-6;/h3-6,9H,7-8H2,1-2H3;2-5H,8H2,1H3;1-5H,7H2;1H4. The van der Waals surface area contributed by atoms with Crippen molar-refractivity contribution in [3.05, 3.63) is 95.6 Å². The minimum atomic E-state index is 0. The molecule has 1 aliphatic heterocycles. The number of nitrogens with zero attached hydrogens (tertiary/aromatic N) is 1. The maximum Gasteiger partial charge on any atom is 0.0314 e. The second kappa shape index (κ2) is 11.8. The Hall–Kier alpha value is -2.78. The molecule has 1 aliphatic rings. The van der Waals surface area contributed by atoms with Crippen LogP contribution >= 0.6 is 0 Å². The van der Waals surface area contributed by atoms with E-state index in [4.69, 9.17) is 11.5 Å². The van der Waals surface area contributed by atoms with E-state index in [0.29, 0.717) is 6.04 Å². The number of aryl methyl sites for hydroxylation is 1. The zero-order valence-corrected chi connectivity index (χ0v) is 16.6. The number of hydrogen-bond acceptors (Lipinski definition) is 3. The van der Waals surface area contributed by atoms with Gasteiger partial charge in [-0.2, -0.15) is 0 Å². The molecular formula is C25H35N3. The summed E-state index contributed by atoms with van der Waals surface area (Å²) in [5.41, 5.74) is 16.7. The third kappa shape index (κ3) is 7.85. The third-order valence-corrected chi connectivity index (χ3v) is 4.47. The molecule has 3 heteroatoms. The van der Waals surface area contributed by atoms with Gasteiger partial charge in [-0.3, -0.25) is 4.90 Å². The van der Waals surface area contributed by atoms with E-state index in [2.05, 4.69) is 43.0 Å². The highest BCUT2D eigenvalue weighted by Crippen LogP contribution is 2.23. The zero-order valence-electron chi connectivity index (χ0n) is 16.6. The van der Waals surface area contributed by atoms with E-state index in [-0.39, 0.29) is 7.43 Å². The number of hydrogen-bond donors (Lipinski definition) is 2. The van der Waals surface area contributed by atoms with Gasteiger partial charge in [0.05, 0.1) is 0 Å². The lowest BCUT2D eigenvalue weighted by Gasteiger charge is -2.18. The van der Waals surface area contributed by atoms with Crippen LogP contribution in [0.25, 0.3) is 0 Å². The van der Waals surface area contributed by atoms with Crippen LogP contribution < -0.4 is 11.5 Å². The van der Waals surface area contributed by atoms with Crippen molar-refractivity contribution in [2.24, 2.45) is 0 Å². The SMILES string of the molecule is C.CC(C)N1Cc2ccccc2C1.Cc1ccc(N)cc1.Nc1ccccc1. The molecule has 0 aromatic heterocycles. The topological polar surface area (TPSA) is 55.3 Å². The summed E-state index contributed by atoms with van der Waals surface area (Å²) in [5, 5.41) is 0. The quantitative estimate of drug-likeness (QED) is 0.520. The number of anilines is 2. The molecule has 3 aromatic carbocycles. The molecule has 28 heavy (non-hydrogen) atoms. The van der Waals surface area contributed by atoms with Gasteiger partial charge < -0.3 is 11.5 Å². The zero-order chi connectivity index (χ0) is 19.6. The van der Waals surface area contributed by atoms with E-state index in [9.17, 15) is 0 Å². The van der Waals surface area contributed by atoms with Crippen LogP contribution in [-0.2, 0) is 13.1 Å². The van der Waals surface area contributed by atoms with Crippen molar-refractivity contribution in [3.63, 3.8) is 0 Å². The molecule has 0 saturated heterocycles. The van der Waals surface area contributed by atoms with E-state index in [1.807, 2.05) is 61.5 Å². The molecule has 0 spiro atoms. The second-order valence-electron chi connectivity index (χ2n) is 7.09. The van der Waals surface area contributed by atoms with Crippen LogP contribution in [0.15, 0.2) is 78.9 Å². The summed E-state index contributed by atoms with van der Waals surface area (Å²) in [6.07, 6.45) is 0. The first-order valence-electron chi connectivity index (χ1n) is 9.39. The number of para-hydroxylation sites is 1. The monoisotopic (exact) mass is 377 g/mol. The number of nitrogens with two attached hydrogens (primary N) is 2. The Kier molecular flexibility index (Phi) is 9.83. The predicted molar refractivity (Wildman–Crippen MR) is 124 cm³/mol. The van der Waals surface area contributed by atoms with Crippen LogP contribution in [0.4, 0.5) is 11.4 Å². The third-order valence-electron chi connectivity index (χ3n) is 4.47. The van der Waals surface area contributed by atoms with Crippen LogP contribution in [0.2, 0.25) is 0 Å². The molecule has 0 unspecified atom stereocenters. The van der Waals surface area contributed by atoms with E-state index >= 15 is 0 Å². The average molecular weight is 378 g/mol. The first kappa shape index (κ1) is 23.3. The van der Waals surface area contributed by atoms with Gasteiger partial charge in [0.25, 0.3) is 0 Å². The minimum absolute atomic E-state index is 0. The molecule has 3 aromatic rings. The number of fused-ring (bicyclic) bond motifs is 1. The van der Waals surface area contributed by atoms with Crippen LogP contribution in [0.3, 0.4) is 0 Å². The van der Waals surface area contributed by atoms with Crippen molar-refractivity contribution in [1.82, 2.24) is 4.90 Å². The normalized spacial score (nSPS) is 12.0. The van der Waals surface area contributed by atoms with Gasteiger partial charge in [-0.05, 0) is 56.2 Å². The van der Waals surface area contributed by atoms with Gasteiger partial charge in [0.15, 0.2) is 0 Å². The maximum atomic E-state index is 5.43. The molecule has 1 heterocycles. The summed E-state index contributed by atoms with van der Waals surface area (Å²) in [7, 11) is 0. The van der Waals surface area contributed by atoms with Crippen LogP contribution in [0, 0.1) is 6.92 Å². The number of rotatable bonds is 1. The van der Waals surface area contributed by atoms with E-state index in [1.54, 1.807) is 0 Å². The Bertz CT molecular complexity index is 750. The number of nitrogen functional groups attached to an aromatic ring is 2. The molecule has 3 nitrogen and oxygen atoms in total. The summed E-state index contributed by atoms with van der Waals surface area (Å²) < 4.78 is 0. The molecule has 0 radical (unpaired) electrons. The molecule has 4 rings (SSSR count). The molecule has 0 bridgehead atoms. The molecular weight excluding hydrogens is 342 g/mol. The van der Waals surface area contributed by atoms with Gasteiger partial charge in [0.1, 0.15) is 0 Å². The lowest BCUT2D eigenvalue weighted by atomic mass is 10.1. The van der Waals surface area contributed by atoms with E-state index < -0.39 is 0 Å². The smallest absolute Gasteiger partial charge is 0.0314 e. The number of benzene rings is 3. The average Bonchev–Trinajstić information content (AvgIpc) is 3.11. The van der Waals surface area contributed by atoms with Crippen LogP contribution in [0.1, 0.15) is 38.0 Å². The molecule has 0 saturated carbocycles. The first-order valence-corrected chi connectivity index (χ1v) is 9.39. The Balaban J connectivity index is 0.000000216. The van der Waals surface area contributed by atoms with Crippen molar-refractivity contribution in [2.45, 2.75) is 47.3 Å². The molecule has 0 aliphatic carbocycles. The summed E-state index contributed by atoms with van der Waals surface area (Å²) in [6, 6.07) is 26.7. The maximum absolute atomic E-state index is 5.43. The van der Waals surface area contributed by atoms with Crippen molar-refractivity contribution in [1.29, 1.82) is 0 Å². The van der Waals surface area contributed by atoms with E-state index in [0.717, 1.165) is 24.5 Å². The van der Waals surface area contributed by atoms with Crippen molar-refractivity contribution in [3.8, 4) is 0 Å². The molecule has 0 amide bonds. The Morgan fingerprint density at radius 2 is 1.11 bits per heavy atom. The van der Waals surface area contributed by atoms with Crippen molar-refractivity contribution < 1.29 is 0 Å². The van der Waals surface area contributed by atoms with Gasteiger partial charge in [-0.25, -0.2) is 0 Å². The van der Waals surface area contributed by atoms with Gasteiger partial charge in [0, 0.05) is 30.5 Å². The lowest BCUT2D eigenvalue weighted by molar-refractivity contribution is 0.227. The highest BCUT2D eigenvalue weighted by atomic mass is 15.2. The highest BCUT2D eigenvalue weighted by Gasteiger charge is 2.19. The van der Waals surface area contributed by atoms with E-state index in [1.165, 1.54) is 16.7 Å². The fraction of sp³-hybridized carbons (Fsp3) is 0.280. The first-order chi connectivity index (χ1) is 13.0. The lowest BCUT2D eigenvalue weighted by Crippen LogP contribution is -2.24. The summed E-state index contributed by atoms with van der Waals surface area (Å²) >= 11 is 0. The predicted octanol–water partition coefficient (Wildman–Crippen LogP) is 5.89. The summed E-state index contributed by atoms with van der Waals surface area (Å²) in [6.45, 7) is 8.82. The molecule has 0 fully saturated rings. The Morgan fingerprint density at radius 1 is 0.679 bits per heavy atom. The van der Waals surface area contributed by atoms with Gasteiger partial charge in [-0.1, -0.05) is 67.6 Å². The second-order valence-corrected chi connectivity index (χ2v) is 7.09. The molecule has 0 atom stereocenters. The van der Waals surface area contributed by atoms with Gasteiger partial charge in [-0.15, -0.1) is 0 Å². The van der Waals surface area contributed by atoms with Gasteiger partial charge >= 0.3 is 0 Å². The van der Waals surface area contributed by atoms with Crippen LogP contribution in [0.5, 0.6) is 0 Å². The van der Waals surface area contributed by atoms with Crippen molar-refractivity contribution >= 4 is 11.4 Å². The highest BCUT2D eigenvalue weighted by molar-refractivity contribution is 5.38. The van der Waals surface area contributed by atoms with Gasteiger partial charge in [0.2, 0.25) is 0 Å². The Labute approximate surface area is 171 Å². The summed E-state index contributed by atoms with van der Waals surface area (Å²) in [5.74, 6) is 0. The fourth-order valence-corrected chi connectivity index (χ4v) is 2.74. The molecule has 150 valence electrons. The summed E-state index contributed by atoms with van der Waals surface area (Å²) in [4.78, 5) is 2.49. The fourth-order valence-electron chi connectivity index (χ4n) is 2.74. The van der Waals surface area contributed by atoms with Crippen molar-refractivity contribution in [2.75, 3.05) is 11.5 Å².